The van der Waals surface area contributed by atoms with Crippen LogP contribution in [0, 0.1) is 0 Å². The van der Waals surface area contributed by atoms with Crippen LogP contribution in [0.15, 0.2) is 54.6 Å². The first-order valence-corrected chi connectivity index (χ1v) is 7.61. The molecule has 0 aromatic heterocycles. The van der Waals surface area contributed by atoms with E-state index in [-0.39, 0.29) is 5.91 Å². The van der Waals surface area contributed by atoms with Crippen molar-refractivity contribution in [2.45, 2.75) is 13.0 Å². The molecule has 114 valence electrons. The topological polar surface area (TPSA) is 41.6 Å². The second-order valence-corrected chi connectivity index (χ2v) is 5.26. The van der Waals surface area contributed by atoms with Crippen LogP contribution in [-0.2, 0) is 11.3 Å². The summed E-state index contributed by atoms with van der Waals surface area (Å²) in [6.45, 7) is 2.70. The van der Waals surface area contributed by atoms with E-state index in [9.17, 15) is 4.79 Å². The van der Waals surface area contributed by atoms with Gasteiger partial charge in [0.15, 0.2) is 0 Å². The molecule has 22 heavy (non-hydrogen) atoms. The largest absolute Gasteiger partial charge is 0.493 e. The molecule has 0 fully saturated rings. The molecule has 1 N–H and O–H groups in total. The van der Waals surface area contributed by atoms with Gasteiger partial charge < -0.3 is 15.0 Å². The summed E-state index contributed by atoms with van der Waals surface area (Å²) in [5, 5.41) is 3.35. The molecule has 1 heterocycles. The maximum atomic E-state index is 12.5. The Balaban J connectivity index is 1.62. The van der Waals surface area contributed by atoms with E-state index in [1.807, 2.05) is 53.4 Å². The van der Waals surface area contributed by atoms with Crippen molar-refractivity contribution in [2.24, 2.45) is 0 Å². The molecule has 0 radical (unpaired) electrons. The highest BCUT2D eigenvalue weighted by Crippen LogP contribution is 2.22. The fourth-order valence-corrected chi connectivity index (χ4v) is 2.62. The van der Waals surface area contributed by atoms with Crippen molar-refractivity contribution in [1.82, 2.24) is 5.32 Å². The molecule has 1 aliphatic rings. The molecular weight excluding hydrogens is 276 g/mol. The number of rotatable bonds is 4. The number of para-hydroxylation sites is 2. The molecule has 0 saturated carbocycles. The van der Waals surface area contributed by atoms with Crippen molar-refractivity contribution < 1.29 is 9.53 Å². The van der Waals surface area contributed by atoms with Crippen molar-refractivity contribution in [3.8, 4) is 5.75 Å². The lowest BCUT2D eigenvalue weighted by atomic mass is 10.1. The van der Waals surface area contributed by atoms with Crippen LogP contribution in [0.2, 0.25) is 0 Å². The standard InChI is InChI=1S/C18H20N2O2/c21-18(10-13-22-16-7-2-1-3-8-16)20-12-11-19-14-15-6-4-5-9-17(15)20/h1-9,19H,10-14H2. The molecule has 4 heteroatoms. The van der Waals surface area contributed by atoms with Gasteiger partial charge in [-0.1, -0.05) is 36.4 Å². The summed E-state index contributed by atoms with van der Waals surface area (Å²) in [5.74, 6) is 0.903. The number of carbonyl (C=O) groups is 1. The van der Waals surface area contributed by atoms with Crippen molar-refractivity contribution in [3.05, 3.63) is 60.2 Å². The Morgan fingerprint density at radius 1 is 1.09 bits per heavy atom. The first kappa shape index (κ1) is 14.6. The molecule has 4 nitrogen and oxygen atoms in total. The third-order valence-corrected chi connectivity index (χ3v) is 3.74. The predicted octanol–water partition coefficient (Wildman–Crippen LogP) is 2.59. The van der Waals surface area contributed by atoms with E-state index in [1.165, 1.54) is 0 Å². The van der Waals surface area contributed by atoms with Crippen LogP contribution in [0.1, 0.15) is 12.0 Å². The smallest absolute Gasteiger partial charge is 0.230 e. The number of carbonyl (C=O) groups excluding carboxylic acids is 1. The highest BCUT2D eigenvalue weighted by Gasteiger charge is 2.20. The number of ether oxygens (including phenoxy) is 1. The molecule has 2 aromatic carbocycles. The molecule has 0 aliphatic carbocycles. The number of fused-ring (bicyclic) bond motifs is 1. The normalized spacial score (nSPS) is 14.1. The van der Waals surface area contributed by atoms with Crippen molar-refractivity contribution in [1.29, 1.82) is 0 Å². The Morgan fingerprint density at radius 3 is 2.73 bits per heavy atom. The number of anilines is 1. The maximum Gasteiger partial charge on any atom is 0.230 e. The van der Waals surface area contributed by atoms with Gasteiger partial charge in [-0.3, -0.25) is 4.79 Å². The average molecular weight is 296 g/mol. The minimum absolute atomic E-state index is 0.104. The highest BCUT2D eigenvalue weighted by molar-refractivity contribution is 5.94. The SMILES string of the molecule is O=C(CCOc1ccccc1)N1CCNCc2ccccc21. The lowest BCUT2D eigenvalue weighted by Gasteiger charge is -2.22. The van der Waals surface area contributed by atoms with Crippen LogP contribution >= 0.6 is 0 Å². The summed E-state index contributed by atoms with van der Waals surface area (Å²) in [6, 6.07) is 17.6. The Bertz CT molecular complexity index is 628. The van der Waals surface area contributed by atoms with Crippen molar-refractivity contribution in [2.75, 3.05) is 24.6 Å². The molecule has 0 saturated heterocycles. The monoisotopic (exact) mass is 296 g/mol. The Kier molecular flexibility index (Phi) is 4.71. The van der Waals surface area contributed by atoms with E-state index in [4.69, 9.17) is 4.74 Å². The lowest BCUT2D eigenvalue weighted by molar-refractivity contribution is -0.119. The fourth-order valence-electron chi connectivity index (χ4n) is 2.62. The molecule has 1 amide bonds. The van der Waals surface area contributed by atoms with E-state index >= 15 is 0 Å². The third-order valence-electron chi connectivity index (χ3n) is 3.74. The molecule has 0 spiro atoms. The zero-order chi connectivity index (χ0) is 15.2. The fraction of sp³-hybridized carbons (Fsp3) is 0.278. The summed E-state index contributed by atoms with van der Waals surface area (Å²) < 4.78 is 5.62. The van der Waals surface area contributed by atoms with Gasteiger partial charge in [0.25, 0.3) is 0 Å². The van der Waals surface area contributed by atoms with Gasteiger partial charge in [-0.2, -0.15) is 0 Å². The first-order chi connectivity index (χ1) is 10.8. The molecule has 0 bridgehead atoms. The van der Waals surface area contributed by atoms with Crippen LogP contribution in [0.4, 0.5) is 5.69 Å². The van der Waals surface area contributed by atoms with Gasteiger partial charge in [0.05, 0.1) is 13.0 Å². The van der Waals surface area contributed by atoms with Crippen LogP contribution in [0.25, 0.3) is 0 Å². The first-order valence-electron chi connectivity index (χ1n) is 7.61. The van der Waals surface area contributed by atoms with Gasteiger partial charge in [-0.15, -0.1) is 0 Å². The van der Waals surface area contributed by atoms with Gasteiger partial charge in [0.2, 0.25) is 5.91 Å². The lowest BCUT2D eigenvalue weighted by Crippen LogP contribution is -2.35. The number of nitrogens with zero attached hydrogens (tertiary/aromatic N) is 1. The van der Waals surface area contributed by atoms with Gasteiger partial charge in [0, 0.05) is 25.3 Å². The average Bonchev–Trinajstić information content (AvgIpc) is 2.78. The van der Waals surface area contributed by atoms with Crippen LogP contribution in [0.3, 0.4) is 0 Å². The zero-order valence-electron chi connectivity index (χ0n) is 12.5. The summed E-state index contributed by atoms with van der Waals surface area (Å²) in [7, 11) is 0. The molecule has 3 rings (SSSR count). The van der Waals surface area contributed by atoms with Gasteiger partial charge >= 0.3 is 0 Å². The molecular formula is C18H20N2O2. The number of nitrogens with one attached hydrogen (secondary N) is 1. The van der Waals surface area contributed by atoms with Gasteiger partial charge in [-0.25, -0.2) is 0 Å². The summed E-state index contributed by atoms with van der Waals surface area (Å²) >= 11 is 0. The van der Waals surface area contributed by atoms with Crippen LogP contribution < -0.4 is 15.0 Å². The Labute approximate surface area is 130 Å². The Hall–Kier alpha value is -2.33. The van der Waals surface area contributed by atoms with Crippen LogP contribution in [-0.4, -0.2) is 25.6 Å². The Morgan fingerprint density at radius 2 is 1.86 bits per heavy atom. The maximum absolute atomic E-state index is 12.5. The second-order valence-electron chi connectivity index (χ2n) is 5.26. The number of benzene rings is 2. The van der Waals surface area contributed by atoms with E-state index in [0.717, 1.165) is 30.1 Å². The second kappa shape index (κ2) is 7.09. The van der Waals surface area contributed by atoms with Crippen molar-refractivity contribution >= 4 is 11.6 Å². The van der Waals surface area contributed by atoms with E-state index in [2.05, 4.69) is 11.4 Å². The predicted molar refractivity (Wildman–Crippen MR) is 87.1 cm³/mol. The number of amides is 1. The minimum Gasteiger partial charge on any atom is -0.493 e. The highest BCUT2D eigenvalue weighted by atomic mass is 16.5. The molecule has 2 aromatic rings. The quantitative estimate of drug-likeness (QED) is 0.943. The molecule has 0 atom stereocenters. The minimum atomic E-state index is 0.104. The summed E-state index contributed by atoms with van der Waals surface area (Å²) in [6.07, 6.45) is 0.378. The summed E-state index contributed by atoms with van der Waals surface area (Å²) in [4.78, 5) is 14.4. The molecule has 0 unspecified atom stereocenters. The molecule has 1 aliphatic heterocycles. The van der Waals surface area contributed by atoms with E-state index in [1.54, 1.807) is 0 Å². The van der Waals surface area contributed by atoms with Gasteiger partial charge in [0.1, 0.15) is 5.75 Å². The number of hydrogen-bond donors (Lipinski definition) is 1. The van der Waals surface area contributed by atoms with Crippen molar-refractivity contribution in [3.63, 3.8) is 0 Å². The zero-order valence-corrected chi connectivity index (χ0v) is 12.5. The van der Waals surface area contributed by atoms with E-state index < -0.39 is 0 Å². The third kappa shape index (κ3) is 3.46. The van der Waals surface area contributed by atoms with E-state index in [0.29, 0.717) is 19.6 Å². The van der Waals surface area contributed by atoms with Gasteiger partial charge in [-0.05, 0) is 23.8 Å². The van der Waals surface area contributed by atoms with Crippen LogP contribution in [0.5, 0.6) is 5.75 Å². The summed E-state index contributed by atoms with van der Waals surface area (Å²) in [5.41, 5.74) is 2.18. The number of hydrogen-bond acceptors (Lipinski definition) is 3.